The zero-order valence-electron chi connectivity index (χ0n) is 12.3. The lowest BCUT2D eigenvalue weighted by atomic mass is 9.90. The average Bonchev–Trinajstić information content (AvgIpc) is 2.47. The maximum atomic E-state index is 12.4. The van der Waals surface area contributed by atoms with Crippen LogP contribution in [0, 0.1) is 5.92 Å². The molecule has 1 aromatic rings. The second-order valence-electron chi connectivity index (χ2n) is 5.28. The van der Waals surface area contributed by atoms with Gasteiger partial charge in [-0.25, -0.2) is 0 Å². The van der Waals surface area contributed by atoms with Gasteiger partial charge in [0.2, 0.25) is 5.91 Å². The van der Waals surface area contributed by atoms with E-state index in [1.807, 2.05) is 0 Å². The minimum absolute atomic E-state index is 0.0777. The van der Waals surface area contributed by atoms with Crippen LogP contribution in [0.2, 0.25) is 0 Å². The molecule has 1 aliphatic heterocycles. The van der Waals surface area contributed by atoms with Crippen LogP contribution in [0.1, 0.15) is 25.5 Å². The number of carbonyl (C=O) groups excluding carboxylic acids is 1. The smallest absolute Gasteiger partial charge is 0.308 e. The predicted octanol–water partition coefficient (Wildman–Crippen LogP) is 1.34. The molecular formula is C15H20N2O4. The Bertz CT molecular complexity index is 515. The summed E-state index contributed by atoms with van der Waals surface area (Å²) in [7, 11) is 1.56. The highest BCUT2D eigenvalue weighted by Gasteiger charge is 2.35. The average molecular weight is 292 g/mol. The Morgan fingerprint density at radius 1 is 1.48 bits per heavy atom. The monoisotopic (exact) mass is 292 g/mol. The van der Waals surface area contributed by atoms with Gasteiger partial charge < -0.3 is 14.7 Å². The first-order valence-electron chi connectivity index (χ1n) is 7.04. The molecule has 21 heavy (non-hydrogen) atoms. The Morgan fingerprint density at radius 3 is 2.81 bits per heavy atom. The Hall–Kier alpha value is -2.11. The van der Waals surface area contributed by atoms with Crippen molar-refractivity contribution in [3.05, 3.63) is 24.0 Å². The number of carboxylic acid groups (broad SMARTS) is 1. The van der Waals surface area contributed by atoms with E-state index in [2.05, 4.69) is 4.98 Å². The van der Waals surface area contributed by atoms with Crippen LogP contribution in [-0.4, -0.2) is 46.6 Å². The molecule has 0 bridgehead atoms. The summed E-state index contributed by atoms with van der Waals surface area (Å²) >= 11 is 0. The Morgan fingerprint density at radius 2 is 2.24 bits per heavy atom. The summed E-state index contributed by atoms with van der Waals surface area (Å²) < 4.78 is 5.02. The van der Waals surface area contributed by atoms with Crippen LogP contribution in [0.3, 0.4) is 0 Å². The fourth-order valence-corrected chi connectivity index (χ4v) is 2.72. The van der Waals surface area contributed by atoms with Crippen molar-refractivity contribution in [1.29, 1.82) is 0 Å². The summed E-state index contributed by atoms with van der Waals surface area (Å²) in [6, 6.07) is 3.23. The number of rotatable bonds is 4. The lowest BCUT2D eigenvalue weighted by molar-refractivity contribution is -0.148. The minimum atomic E-state index is -0.831. The molecule has 1 N–H and O–H groups in total. The van der Waals surface area contributed by atoms with E-state index in [0.717, 1.165) is 6.42 Å². The lowest BCUT2D eigenvalue weighted by Gasteiger charge is -2.37. The molecule has 2 rings (SSSR count). The number of aliphatic carboxylic acids is 1. The molecular weight excluding hydrogens is 272 g/mol. The topological polar surface area (TPSA) is 79.7 Å². The van der Waals surface area contributed by atoms with Crippen molar-refractivity contribution in [1.82, 2.24) is 9.88 Å². The summed E-state index contributed by atoms with van der Waals surface area (Å²) in [5.41, 5.74) is 0.658. The molecule has 2 heterocycles. The number of hydrogen-bond acceptors (Lipinski definition) is 4. The van der Waals surface area contributed by atoms with Crippen molar-refractivity contribution in [2.45, 2.75) is 32.2 Å². The highest BCUT2D eigenvalue weighted by atomic mass is 16.5. The quantitative estimate of drug-likeness (QED) is 0.906. The van der Waals surface area contributed by atoms with Gasteiger partial charge in [0.15, 0.2) is 0 Å². The van der Waals surface area contributed by atoms with Gasteiger partial charge in [-0.05, 0) is 31.9 Å². The van der Waals surface area contributed by atoms with Gasteiger partial charge in [0, 0.05) is 18.3 Å². The molecule has 1 amide bonds. The first-order chi connectivity index (χ1) is 10.0. The van der Waals surface area contributed by atoms with Crippen LogP contribution < -0.4 is 4.74 Å². The number of nitrogens with zero attached hydrogens (tertiary/aromatic N) is 2. The van der Waals surface area contributed by atoms with Crippen molar-refractivity contribution < 1.29 is 19.4 Å². The van der Waals surface area contributed by atoms with Crippen molar-refractivity contribution in [3.8, 4) is 5.75 Å². The van der Waals surface area contributed by atoms with Crippen LogP contribution >= 0.6 is 0 Å². The molecule has 1 aliphatic rings. The molecule has 6 heteroatoms. The molecule has 0 aliphatic carbocycles. The predicted molar refractivity (Wildman–Crippen MR) is 76.0 cm³/mol. The molecule has 2 atom stereocenters. The summed E-state index contributed by atoms with van der Waals surface area (Å²) in [6.07, 6.45) is 3.10. The molecule has 1 saturated heterocycles. The molecule has 0 aromatic carbocycles. The van der Waals surface area contributed by atoms with Gasteiger partial charge in [0.1, 0.15) is 5.75 Å². The highest BCUT2D eigenvalue weighted by molar-refractivity contribution is 5.80. The van der Waals surface area contributed by atoms with E-state index in [9.17, 15) is 14.7 Å². The largest absolute Gasteiger partial charge is 0.495 e. The zero-order valence-corrected chi connectivity index (χ0v) is 12.3. The van der Waals surface area contributed by atoms with E-state index in [-0.39, 0.29) is 18.4 Å². The van der Waals surface area contributed by atoms with Crippen molar-refractivity contribution in [2.24, 2.45) is 5.92 Å². The molecule has 114 valence electrons. The van der Waals surface area contributed by atoms with Crippen LogP contribution in [0.4, 0.5) is 0 Å². The molecule has 0 spiro atoms. The van der Waals surface area contributed by atoms with Gasteiger partial charge in [0.05, 0.1) is 25.6 Å². The van der Waals surface area contributed by atoms with E-state index < -0.39 is 11.9 Å². The molecule has 0 unspecified atom stereocenters. The molecule has 0 saturated carbocycles. The second kappa shape index (κ2) is 6.56. The fraction of sp³-hybridized carbons (Fsp3) is 0.533. The zero-order chi connectivity index (χ0) is 15.4. The minimum Gasteiger partial charge on any atom is -0.495 e. The SMILES string of the molecule is COc1ccc(CC(=O)N2CCC[C@H](C(=O)O)[C@@H]2C)nc1. The number of ether oxygens (including phenoxy) is 1. The third-order valence-electron chi connectivity index (χ3n) is 3.99. The van der Waals surface area contributed by atoms with Gasteiger partial charge in [-0.1, -0.05) is 0 Å². The number of piperidine rings is 1. The maximum Gasteiger partial charge on any atom is 0.308 e. The third-order valence-corrected chi connectivity index (χ3v) is 3.99. The summed E-state index contributed by atoms with van der Waals surface area (Å²) in [5.74, 6) is -0.747. The molecule has 1 fully saturated rings. The number of amides is 1. The van der Waals surface area contributed by atoms with Crippen LogP contribution in [0.25, 0.3) is 0 Å². The molecule has 6 nitrogen and oxygen atoms in total. The van der Waals surface area contributed by atoms with Gasteiger partial charge in [0.25, 0.3) is 0 Å². The van der Waals surface area contributed by atoms with E-state index in [0.29, 0.717) is 24.4 Å². The number of aromatic nitrogens is 1. The van der Waals surface area contributed by atoms with E-state index in [1.54, 1.807) is 37.3 Å². The Kier molecular flexibility index (Phi) is 4.77. The van der Waals surface area contributed by atoms with Gasteiger partial charge in [-0.2, -0.15) is 0 Å². The summed E-state index contributed by atoms with van der Waals surface area (Å²) in [6.45, 7) is 2.41. The lowest BCUT2D eigenvalue weighted by Crippen LogP contribution is -2.49. The van der Waals surface area contributed by atoms with Crippen molar-refractivity contribution in [3.63, 3.8) is 0 Å². The van der Waals surface area contributed by atoms with Crippen LogP contribution in [-0.2, 0) is 16.0 Å². The van der Waals surface area contributed by atoms with Gasteiger partial charge in [-0.3, -0.25) is 14.6 Å². The Balaban J connectivity index is 2.03. The second-order valence-corrected chi connectivity index (χ2v) is 5.28. The number of likely N-dealkylation sites (tertiary alicyclic amines) is 1. The number of carbonyl (C=O) groups is 2. The normalized spacial score (nSPS) is 21.9. The Labute approximate surface area is 123 Å². The van der Waals surface area contributed by atoms with Gasteiger partial charge >= 0.3 is 5.97 Å². The van der Waals surface area contributed by atoms with Gasteiger partial charge in [-0.15, -0.1) is 0 Å². The highest BCUT2D eigenvalue weighted by Crippen LogP contribution is 2.24. The van der Waals surface area contributed by atoms with Crippen LogP contribution in [0.5, 0.6) is 5.75 Å². The van der Waals surface area contributed by atoms with E-state index in [1.165, 1.54) is 0 Å². The number of hydrogen-bond donors (Lipinski definition) is 1. The number of carboxylic acids is 1. The molecule has 0 radical (unpaired) electrons. The number of pyridine rings is 1. The van der Waals surface area contributed by atoms with E-state index >= 15 is 0 Å². The number of methoxy groups -OCH3 is 1. The summed E-state index contributed by atoms with van der Waals surface area (Å²) in [5, 5.41) is 9.19. The molecule has 1 aromatic heterocycles. The standard InChI is InChI=1S/C15H20N2O4/c1-10-13(15(19)20)4-3-7-17(10)14(18)8-11-5-6-12(21-2)9-16-11/h5-6,9-10,13H,3-4,7-8H2,1-2H3,(H,19,20)/t10-,13-/m0/s1. The first kappa shape index (κ1) is 15.3. The van der Waals surface area contributed by atoms with Crippen molar-refractivity contribution in [2.75, 3.05) is 13.7 Å². The van der Waals surface area contributed by atoms with E-state index in [4.69, 9.17) is 4.74 Å². The summed E-state index contributed by atoms with van der Waals surface area (Å²) in [4.78, 5) is 29.4. The third kappa shape index (κ3) is 3.51. The van der Waals surface area contributed by atoms with Crippen LogP contribution in [0.15, 0.2) is 18.3 Å². The maximum absolute atomic E-state index is 12.4. The fourth-order valence-electron chi connectivity index (χ4n) is 2.72. The van der Waals surface area contributed by atoms with Crippen molar-refractivity contribution >= 4 is 11.9 Å². The first-order valence-corrected chi connectivity index (χ1v) is 7.04.